The maximum absolute atomic E-state index is 11.9. The third-order valence-corrected chi connectivity index (χ3v) is 3.49. The summed E-state index contributed by atoms with van der Waals surface area (Å²) in [6.45, 7) is 3.97. The van der Waals surface area contributed by atoms with Gasteiger partial charge in [-0.2, -0.15) is 0 Å². The number of nitrogens with zero attached hydrogens (tertiary/aromatic N) is 1. The summed E-state index contributed by atoms with van der Waals surface area (Å²) in [5.41, 5.74) is 0. The maximum atomic E-state index is 11.9. The predicted octanol–water partition coefficient (Wildman–Crippen LogP) is 1.31. The van der Waals surface area contributed by atoms with Gasteiger partial charge in [0.2, 0.25) is 0 Å². The molecule has 6 heteroatoms. The van der Waals surface area contributed by atoms with Gasteiger partial charge in [-0.3, -0.25) is 4.79 Å². The van der Waals surface area contributed by atoms with Crippen LogP contribution in [-0.2, 0) is 9.53 Å². The van der Waals surface area contributed by atoms with Crippen LogP contribution in [0.3, 0.4) is 0 Å². The molecule has 1 rings (SSSR count). The van der Waals surface area contributed by atoms with Gasteiger partial charge in [-0.25, -0.2) is 4.79 Å². The predicted molar refractivity (Wildman–Crippen MR) is 71.0 cm³/mol. The van der Waals surface area contributed by atoms with E-state index < -0.39 is 12.1 Å². The van der Waals surface area contributed by atoms with Gasteiger partial charge in [-0.05, 0) is 18.8 Å². The molecule has 2 unspecified atom stereocenters. The van der Waals surface area contributed by atoms with Gasteiger partial charge in [-0.15, -0.1) is 0 Å². The number of carbonyl (C=O) groups excluding carboxylic acids is 1. The fourth-order valence-corrected chi connectivity index (χ4v) is 2.41. The van der Waals surface area contributed by atoms with E-state index in [2.05, 4.69) is 12.2 Å². The summed E-state index contributed by atoms with van der Waals surface area (Å²) in [4.78, 5) is 24.3. The largest absolute Gasteiger partial charge is 0.481 e. The van der Waals surface area contributed by atoms with Crippen molar-refractivity contribution >= 4 is 12.0 Å². The molecule has 1 aliphatic rings. The van der Waals surface area contributed by atoms with E-state index in [-0.39, 0.29) is 19.0 Å². The highest BCUT2D eigenvalue weighted by molar-refractivity contribution is 5.74. The molecule has 1 heterocycles. The normalized spacial score (nSPS) is 20.3. The van der Waals surface area contributed by atoms with Crippen LogP contribution in [0.15, 0.2) is 0 Å². The first-order valence-electron chi connectivity index (χ1n) is 6.84. The van der Waals surface area contributed by atoms with Gasteiger partial charge in [0.1, 0.15) is 0 Å². The topological polar surface area (TPSA) is 78.9 Å². The van der Waals surface area contributed by atoms with Crippen LogP contribution in [0.2, 0.25) is 0 Å². The van der Waals surface area contributed by atoms with Crippen molar-refractivity contribution in [2.75, 3.05) is 26.7 Å². The Morgan fingerprint density at radius 1 is 1.53 bits per heavy atom. The Bertz CT molecular complexity index is 309. The van der Waals surface area contributed by atoms with E-state index in [1.54, 1.807) is 4.90 Å². The first-order chi connectivity index (χ1) is 9.06. The van der Waals surface area contributed by atoms with E-state index >= 15 is 0 Å². The number of ether oxygens (including phenoxy) is 1. The summed E-state index contributed by atoms with van der Waals surface area (Å²) in [7, 11) is 1.45. The van der Waals surface area contributed by atoms with Gasteiger partial charge in [-0.1, -0.05) is 13.3 Å². The standard InChI is InChI=1S/C13H24N2O4/c1-3-4-10-5-6-15(9-10)13(18)14-8-11(19-2)7-12(16)17/h10-11H,3-9H2,1-2H3,(H,14,18)(H,16,17). The van der Waals surface area contributed by atoms with E-state index in [0.717, 1.165) is 32.4 Å². The molecular formula is C13H24N2O4. The molecule has 2 N–H and O–H groups in total. The molecule has 0 saturated carbocycles. The molecule has 0 aromatic heterocycles. The van der Waals surface area contributed by atoms with E-state index in [1.807, 2.05) is 0 Å². The average molecular weight is 272 g/mol. The molecule has 0 aromatic rings. The van der Waals surface area contributed by atoms with E-state index in [1.165, 1.54) is 7.11 Å². The number of aliphatic carboxylic acids is 1. The SMILES string of the molecule is CCCC1CCN(C(=O)NCC(CC(=O)O)OC)C1. The third kappa shape index (κ3) is 5.46. The molecule has 0 radical (unpaired) electrons. The average Bonchev–Trinajstić information content (AvgIpc) is 2.82. The molecule has 0 bridgehead atoms. The zero-order valence-corrected chi connectivity index (χ0v) is 11.7. The number of carboxylic acid groups (broad SMARTS) is 1. The summed E-state index contributed by atoms with van der Waals surface area (Å²) in [5, 5.41) is 11.4. The molecule has 0 spiro atoms. The van der Waals surface area contributed by atoms with Crippen molar-refractivity contribution in [3.63, 3.8) is 0 Å². The molecule has 6 nitrogen and oxygen atoms in total. The number of methoxy groups -OCH3 is 1. The van der Waals surface area contributed by atoms with Crippen LogP contribution in [0.1, 0.15) is 32.6 Å². The highest BCUT2D eigenvalue weighted by Gasteiger charge is 2.25. The minimum absolute atomic E-state index is 0.102. The summed E-state index contributed by atoms with van der Waals surface area (Å²) in [5.74, 6) is -0.321. The summed E-state index contributed by atoms with van der Waals surface area (Å²) >= 11 is 0. The first-order valence-corrected chi connectivity index (χ1v) is 6.84. The van der Waals surface area contributed by atoms with Crippen molar-refractivity contribution < 1.29 is 19.4 Å². The Kier molecular flexibility index (Phi) is 6.62. The zero-order valence-electron chi connectivity index (χ0n) is 11.7. The molecule has 1 fully saturated rings. The third-order valence-electron chi connectivity index (χ3n) is 3.49. The highest BCUT2D eigenvalue weighted by Crippen LogP contribution is 2.20. The second kappa shape index (κ2) is 7.99. The van der Waals surface area contributed by atoms with Crippen molar-refractivity contribution in [3.8, 4) is 0 Å². The maximum Gasteiger partial charge on any atom is 0.317 e. The molecule has 19 heavy (non-hydrogen) atoms. The lowest BCUT2D eigenvalue weighted by molar-refractivity contribution is -0.139. The Labute approximate surface area is 114 Å². The number of likely N-dealkylation sites (tertiary alicyclic amines) is 1. The fourth-order valence-electron chi connectivity index (χ4n) is 2.41. The molecule has 1 saturated heterocycles. The Hall–Kier alpha value is -1.30. The van der Waals surface area contributed by atoms with E-state index in [4.69, 9.17) is 9.84 Å². The van der Waals surface area contributed by atoms with Crippen LogP contribution in [0.25, 0.3) is 0 Å². The molecule has 2 amide bonds. The molecule has 110 valence electrons. The number of carboxylic acids is 1. The second-order valence-corrected chi connectivity index (χ2v) is 5.03. The molecule has 0 aromatic carbocycles. The monoisotopic (exact) mass is 272 g/mol. The minimum atomic E-state index is -0.926. The van der Waals surface area contributed by atoms with Crippen LogP contribution < -0.4 is 5.32 Å². The quantitative estimate of drug-likeness (QED) is 0.732. The van der Waals surface area contributed by atoms with Crippen LogP contribution in [-0.4, -0.2) is 54.9 Å². The van der Waals surface area contributed by atoms with Crippen molar-refractivity contribution in [2.45, 2.75) is 38.7 Å². The van der Waals surface area contributed by atoms with E-state index in [9.17, 15) is 9.59 Å². The molecular weight excluding hydrogens is 248 g/mol. The fraction of sp³-hybridized carbons (Fsp3) is 0.846. The lowest BCUT2D eigenvalue weighted by Crippen LogP contribution is -2.42. The molecule has 1 aliphatic heterocycles. The number of carbonyl (C=O) groups is 2. The van der Waals surface area contributed by atoms with Crippen molar-refractivity contribution in [1.29, 1.82) is 0 Å². The van der Waals surface area contributed by atoms with Gasteiger partial charge in [0.25, 0.3) is 0 Å². The number of nitrogens with one attached hydrogen (secondary N) is 1. The Morgan fingerprint density at radius 2 is 2.26 bits per heavy atom. The first kappa shape index (κ1) is 15.8. The Morgan fingerprint density at radius 3 is 2.84 bits per heavy atom. The van der Waals surface area contributed by atoms with Crippen LogP contribution in [0, 0.1) is 5.92 Å². The second-order valence-electron chi connectivity index (χ2n) is 5.03. The number of hydrogen-bond acceptors (Lipinski definition) is 3. The van der Waals surface area contributed by atoms with Crippen molar-refractivity contribution in [3.05, 3.63) is 0 Å². The van der Waals surface area contributed by atoms with Gasteiger partial charge in [0.15, 0.2) is 0 Å². The lowest BCUT2D eigenvalue weighted by Gasteiger charge is -2.20. The van der Waals surface area contributed by atoms with Crippen LogP contribution in [0.5, 0.6) is 0 Å². The highest BCUT2D eigenvalue weighted by atomic mass is 16.5. The molecule has 2 atom stereocenters. The number of urea groups is 1. The summed E-state index contributed by atoms with van der Waals surface area (Å²) in [6.07, 6.45) is 2.78. The minimum Gasteiger partial charge on any atom is -0.481 e. The summed E-state index contributed by atoms with van der Waals surface area (Å²) < 4.78 is 5.02. The lowest BCUT2D eigenvalue weighted by atomic mass is 10.0. The van der Waals surface area contributed by atoms with Crippen molar-refractivity contribution in [1.82, 2.24) is 10.2 Å². The van der Waals surface area contributed by atoms with Crippen molar-refractivity contribution in [2.24, 2.45) is 5.92 Å². The van der Waals surface area contributed by atoms with Crippen LogP contribution in [0.4, 0.5) is 4.79 Å². The van der Waals surface area contributed by atoms with Gasteiger partial charge in [0.05, 0.1) is 12.5 Å². The number of amides is 2. The zero-order chi connectivity index (χ0) is 14.3. The van der Waals surface area contributed by atoms with Crippen LogP contribution >= 0.6 is 0 Å². The number of rotatable bonds is 7. The summed E-state index contributed by atoms with van der Waals surface area (Å²) in [6, 6.07) is -0.119. The number of hydrogen-bond donors (Lipinski definition) is 2. The smallest absolute Gasteiger partial charge is 0.317 e. The van der Waals surface area contributed by atoms with Gasteiger partial charge < -0.3 is 20.1 Å². The molecule has 0 aliphatic carbocycles. The van der Waals surface area contributed by atoms with Gasteiger partial charge >= 0.3 is 12.0 Å². The Balaban J connectivity index is 2.29. The van der Waals surface area contributed by atoms with E-state index in [0.29, 0.717) is 5.92 Å². The van der Waals surface area contributed by atoms with Gasteiger partial charge in [0, 0.05) is 26.7 Å².